The molecule has 1 aromatic rings. The van der Waals surface area contributed by atoms with Gasteiger partial charge in [0.15, 0.2) is 0 Å². The van der Waals surface area contributed by atoms with Crippen molar-refractivity contribution in [2.75, 3.05) is 7.05 Å². The summed E-state index contributed by atoms with van der Waals surface area (Å²) < 4.78 is 4.99. The van der Waals surface area contributed by atoms with Crippen molar-refractivity contribution in [3.05, 3.63) is 30.1 Å². The standard InChI is InChI=1S/C8H7NO2/c1-9-6-8-7(2-4-10)3-5-11-8/h3-6H,1H3. The zero-order valence-electron chi connectivity index (χ0n) is 6.07. The van der Waals surface area contributed by atoms with Gasteiger partial charge in [-0.2, -0.15) is 0 Å². The van der Waals surface area contributed by atoms with E-state index in [0.29, 0.717) is 17.6 Å². The third kappa shape index (κ3) is 1.77. The van der Waals surface area contributed by atoms with E-state index in [0.717, 1.165) is 0 Å². The van der Waals surface area contributed by atoms with Crippen LogP contribution < -0.4 is 0 Å². The number of furan rings is 1. The number of hydrogen-bond donors (Lipinski definition) is 0. The predicted molar refractivity (Wildman–Crippen MR) is 40.6 cm³/mol. The third-order valence-electron chi connectivity index (χ3n) is 1.16. The number of carbonyl (C=O) groups is 1. The fourth-order valence-corrected chi connectivity index (χ4v) is 0.721. The molecule has 0 aromatic carbocycles. The summed E-state index contributed by atoms with van der Waals surface area (Å²) in [5, 5.41) is 0. The van der Waals surface area contributed by atoms with Gasteiger partial charge in [0, 0.05) is 12.6 Å². The van der Waals surface area contributed by atoms with Crippen molar-refractivity contribution in [1.29, 1.82) is 0 Å². The molecule has 11 heavy (non-hydrogen) atoms. The summed E-state index contributed by atoms with van der Waals surface area (Å²) in [6.07, 6.45) is 6.09. The van der Waals surface area contributed by atoms with E-state index >= 15 is 0 Å². The molecule has 3 heteroatoms. The van der Waals surface area contributed by atoms with Crippen molar-refractivity contribution < 1.29 is 9.21 Å². The number of nitrogens with zero attached hydrogens (tertiary/aromatic N) is 1. The molecule has 0 aliphatic heterocycles. The fraction of sp³-hybridized carbons (Fsp3) is 0.125. The minimum atomic E-state index is 0.555. The van der Waals surface area contributed by atoms with Gasteiger partial charge in [0.2, 0.25) is 0 Å². The molecule has 2 radical (unpaired) electrons. The minimum absolute atomic E-state index is 0.555. The molecule has 0 fully saturated rings. The Morgan fingerprint density at radius 2 is 2.55 bits per heavy atom. The van der Waals surface area contributed by atoms with E-state index in [1.165, 1.54) is 12.5 Å². The van der Waals surface area contributed by atoms with Gasteiger partial charge in [-0.15, -0.1) is 0 Å². The summed E-state index contributed by atoms with van der Waals surface area (Å²) in [5.41, 5.74) is 0.630. The average molecular weight is 149 g/mol. The highest BCUT2D eigenvalue weighted by atomic mass is 16.3. The Bertz CT molecular complexity index is 263. The van der Waals surface area contributed by atoms with Crippen molar-refractivity contribution in [2.45, 2.75) is 0 Å². The van der Waals surface area contributed by atoms with E-state index in [1.807, 2.05) is 0 Å². The van der Waals surface area contributed by atoms with Crippen LogP contribution in [0.3, 0.4) is 0 Å². The van der Waals surface area contributed by atoms with E-state index in [2.05, 4.69) is 11.4 Å². The predicted octanol–water partition coefficient (Wildman–Crippen LogP) is 0.957. The Morgan fingerprint density at radius 3 is 3.18 bits per heavy atom. The maximum atomic E-state index is 10.0. The average Bonchev–Trinajstić information content (AvgIpc) is 2.39. The van der Waals surface area contributed by atoms with Gasteiger partial charge in [0.1, 0.15) is 12.0 Å². The van der Waals surface area contributed by atoms with Gasteiger partial charge in [0.05, 0.1) is 18.9 Å². The normalized spacial score (nSPS) is 10.6. The highest BCUT2D eigenvalue weighted by Gasteiger charge is 2.02. The smallest absolute Gasteiger partial charge is 0.148 e. The first-order valence-electron chi connectivity index (χ1n) is 3.08. The zero-order valence-corrected chi connectivity index (χ0v) is 6.07. The van der Waals surface area contributed by atoms with E-state index in [4.69, 9.17) is 4.42 Å². The molecule has 0 aliphatic carbocycles. The van der Waals surface area contributed by atoms with E-state index in [9.17, 15) is 4.79 Å². The first-order valence-corrected chi connectivity index (χ1v) is 3.08. The van der Waals surface area contributed by atoms with Crippen LogP contribution in [0.1, 0.15) is 11.3 Å². The SMILES string of the molecule is CN=Cc1occc1[C]C=O. The topological polar surface area (TPSA) is 42.6 Å². The maximum Gasteiger partial charge on any atom is 0.148 e. The molecular formula is C8H7NO2. The van der Waals surface area contributed by atoms with Gasteiger partial charge in [-0.3, -0.25) is 4.99 Å². The lowest BCUT2D eigenvalue weighted by Crippen LogP contribution is -1.85. The third-order valence-corrected chi connectivity index (χ3v) is 1.16. The van der Waals surface area contributed by atoms with E-state index in [1.54, 1.807) is 13.1 Å². The highest BCUT2D eigenvalue weighted by Crippen LogP contribution is 2.08. The van der Waals surface area contributed by atoms with Gasteiger partial charge in [-0.1, -0.05) is 0 Å². The van der Waals surface area contributed by atoms with Gasteiger partial charge in [-0.05, 0) is 6.07 Å². The molecule has 0 saturated heterocycles. The lowest BCUT2D eigenvalue weighted by Gasteiger charge is -1.87. The Balaban J connectivity index is 2.86. The molecule has 0 N–H and O–H groups in total. The van der Waals surface area contributed by atoms with Gasteiger partial charge >= 0.3 is 0 Å². The molecule has 1 heterocycles. The number of hydrogen-bond acceptors (Lipinski definition) is 3. The van der Waals surface area contributed by atoms with Crippen molar-refractivity contribution in [2.24, 2.45) is 4.99 Å². The number of aliphatic imine (C=N–C) groups is 1. The second kappa shape index (κ2) is 3.71. The van der Waals surface area contributed by atoms with Crippen LogP contribution in [0, 0.1) is 6.42 Å². The van der Waals surface area contributed by atoms with Gasteiger partial charge in [0.25, 0.3) is 0 Å². The zero-order chi connectivity index (χ0) is 8.10. The summed E-state index contributed by atoms with van der Waals surface area (Å²) in [6, 6.07) is 1.66. The summed E-state index contributed by atoms with van der Waals surface area (Å²) >= 11 is 0. The Hall–Kier alpha value is -1.38. The molecule has 0 bridgehead atoms. The molecule has 0 atom stereocenters. The van der Waals surface area contributed by atoms with Crippen molar-refractivity contribution in [3.63, 3.8) is 0 Å². The number of carbonyl (C=O) groups excluding carboxylic acids is 1. The second-order valence-corrected chi connectivity index (χ2v) is 1.85. The molecule has 1 aromatic heterocycles. The van der Waals surface area contributed by atoms with Crippen LogP contribution >= 0.6 is 0 Å². The Kier molecular flexibility index (Phi) is 2.60. The monoisotopic (exact) mass is 149 g/mol. The highest BCUT2D eigenvalue weighted by molar-refractivity contribution is 5.82. The van der Waals surface area contributed by atoms with E-state index in [-0.39, 0.29) is 0 Å². The van der Waals surface area contributed by atoms with Crippen LogP contribution in [0.4, 0.5) is 0 Å². The van der Waals surface area contributed by atoms with Crippen molar-refractivity contribution in [3.8, 4) is 0 Å². The molecule has 0 amide bonds. The molecule has 1 rings (SSSR count). The van der Waals surface area contributed by atoms with Crippen molar-refractivity contribution in [1.82, 2.24) is 0 Å². The molecule has 0 spiro atoms. The molecule has 0 saturated carbocycles. The lowest BCUT2D eigenvalue weighted by atomic mass is 10.2. The maximum absolute atomic E-state index is 10.0. The quantitative estimate of drug-likeness (QED) is 0.474. The molecule has 3 nitrogen and oxygen atoms in total. The van der Waals surface area contributed by atoms with Crippen LogP contribution in [-0.2, 0) is 4.79 Å². The van der Waals surface area contributed by atoms with Crippen LogP contribution in [0.15, 0.2) is 21.7 Å². The Morgan fingerprint density at radius 1 is 1.73 bits per heavy atom. The van der Waals surface area contributed by atoms with Crippen LogP contribution in [0.2, 0.25) is 0 Å². The number of aldehydes is 1. The molecule has 0 unspecified atom stereocenters. The summed E-state index contributed by atoms with van der Waals surface area (Å²) in [4.78, 5) is 13.8. The van der Waals surface area contributed by atoms with Crippen molar-refractivity contribution >= 4 is 12.5 Å². The van der Waals surface area contributed by atoms with Crippen LogP contribution in [0.5, 0.6) is 0 Å². The second-order valence-electron chi connectivity index (χ2n) is 1.85. The number of rotatable bonds is 3. The molecular weight excluding hydrogens is 142 g/mol. The van der Waals surface area contributed by atoms with Gasteiger partial charge in [-0.25, -0.2) is 0 Å². The summed E-state index contributed by atoms with van der Waals surface area (Å²) in [7, 11) is 1.63. The largest absolute Gasteiger partial charge is 0.463 e. The lowest BCUT2D eigenvalue weighted by molar-refractivity contribution is -0.104. The summed E-state index contributed by atoms with van der Waals surface area (Å²) in [5.74, 6) is 0.555. The van der Waals surface area contributed by atoms with Crippen LogP contribution in [-0.4, -0.2) is 19.5 Å². The Labute approximate surface area is 64.7 Å². The fourth-order valence-electron chi connectivity index (χ4n) is 0.721. The molecule has 56 valence electrons. The molecule has 0 aliphatic rings. The van der Waals surface area contributed by atoms with Gasteiger partial charge < -0.3 is 9.21 Å². The first-order chi connectivity index (χ1) is 5.38. The van der Waals surface area contributed by atoms with Crippen LogP contribution in [0.25, 0.3) is 0 Å². The van der Waals surface area contributed by atoms with E-state index < -0.39 is 0 Å². The summed E-state index contributed by atoms with van der Waals surface area (Å²) in [6.45, 7) is 0. The first kappa shape index (κ1) is 7.72. The minimum Gasteiger partial charge on any atom is -0.463 e.